The summed E-state index contributed by atoms with van der Waals surface area (Å²) in [6, 6.07) is 20.6. The van der Waals surface area contributed by atoms with Crippen LogP contribution in [0.25, 0.3) is 5.70 Å². The summed E-state index contributed by atoms with van der Waals surface area (Å²) in [5.74, 6) is 0. The number of halogens is 3. The summed E-state index contributed by atoms with van der Waals surface area (Å²) >= 11 is 0. The first kappa shape index (κ1) is 33.2. The molecule has 2 aromatic carbocycles. The summed E-state index contributed by atoms with van der Waals surface area (Å²) in [6.45, 7) is 4.93. The van der Waals surface area contributed by atoms with Crippen LogP contribution in [0.2, 0.25) is 0 Å². The van der Waals surface area contributed by atoms with Gasteiger partial charge in [0, 0.05) is 29.9 Å². The summed E-state index contributed by atoms with van der Waals surface area (Å²) in [4.78, 5) is 6.54. The molecule has 1 saturated heterocycles. The molecule has 0 bridgehead atoms. The lowest BCUT2D eigenvalue weighted by molar-refractivity contribution is -0.0584. The van der Waals surface area contributed by atoms with E-state index in [2.05, 4.69) is 77.6 Å². The Hall–Kier alpha value is -3.65. The van der Waals surface area contributed by atoms with Gasteiger partial charge in [0.1, 0.15) is 11.9 Å². The molecule has 5 nitrogen and oxygen atoms in total. The van der Waals surface area contributed by atoms with Crippen LogP contribution in [0.4, 0.5) is 30.2 Å². The molecular formula is C36H45F3N4O. The number of nitrogens with zero attached hydrogens (tertiary/aromatic N) is 2. The highest BCUT2D eigenvalue weighted by molar-refractivity contribution is 6.02. The van der Waals surface area contributed by atoms with Gasteiger partial charge >= 0.3 is 6.18 Å². The molecule has 3 aromatic rings. The van der Waals surface area contributed by atoms with E-state index in [1.54, 1.807) is 12.3 Å². The van der Waals surface area contributed by atoms with E-state index in [0.717, 1.165) is 61.7 Å². The number of nitrogens with one attached hydrogen (secondary N) is 2. The number of rotatable bonds is 15. The van der Waals surface area contributed by atoms with Crippen molar-refractivity contribution in [2.24, 2.45) is 0 Å². The van der Waals surface area contributed by atoms with Crippen LogP contribution in [0.15, 0.2) is 72.9 Å². The maximum Gasteiger partial charge on any atom is 0.432 e. The van der Waals surface area contributed by atoms with E-state index < -0.39 is 18.1 Å². The maximum absolute atomic E-state index is 13.5. The quantitative estimate of drug-likeness (QED) is 0.134. The lowest BCUT2D eigenvalue weighted by Gasteiger charge is -2.28. The van der Waals surface area contributed by atoms with Crippen LogP contribution in [0.5, 0.6) is 0 Å². The van der Waals surface area contributed by atoms with Crippen molar-refractivity contribution in [1.82, 2.24) is 10.3 Å². The molecule has 4 rings (SSSR count). The van der Waals surface area contributed by atoms with Crippen molar-refractivity contribution in [3.8, 4) is 0 Å². The van der Waals surface area contributed by atoms with E-state index in [1.165, 1.54) is 36.8 Å². The number of hydrogen-bond donors (Lipinski definition) is 2. The fourth-order valence-electron chi connectivity index (χ4n) is 5.38. The second kappa shape index (κ2) is 16.4. The first-order valence-electron chi connectivity index (χ1n) is 16.0. The predicted octanol–water partition coefficient (Wildman–Crippen LogP) is 10.1. The molecule has 1 aromatic heterocycles. The SMILES string of the molecule is CCCCCc1ccc(N(c2ccc(CCCCC)cc2)c2ccnc(/C(=C/C(=N)C(F)(F)F)NC3CCCCO3)c2)cc1. The number of anilines is 3. The monoisotopic (exact) mass is 606 g/mol. The van der Waals surface area contributed by atoms with Gasteiger partial charge in [0.05, 0.1) is 11.4 Å². The zero-order valence-corrected chi connectivity index (χ0v) is 25.9. The molecule has 2 N–H and O–H groups in total. The molecule has 1 fully saturated rings. The minimum Gasteiger partial charge on any atom is -0.359 e. The van der Waals surface area contributed by atoms with Crippen LogP contribution in [0.1, 0.15) is 88.5 Å². The van der Waals surface area contributed by atoms with Crippen molar-refractivity contribution in [1.29, 1.82) is 5.41 Å². The second-order valence-electron chi connectivity index (χ2n) is 11.5. The van der Waals surface area contributed by atoms with Gasteiger partial charge in [0.25, 0.3) is 0 Å². The van der Waals surface area contributed by atoms with Crippen LogP contribution in [-0.4, -0.2) is 29.7 Å². The average Bonchev–Trinajstić information content (AvgIpc) is 3.03. The highest BCUT2D eigenvalue weighted by atomic mass is 19.4. The maximum atomic E-state index is 13.5. The van der Waals surface area contributed by atoms with E-state index in [-0.39, 0.29) is 5.70 Å². The van der Waals surface area contributed by atoms with Gasteiger partial charge in [-0.15, -0.1) is 0 Å². The van der Waals surface area contributed by atoms with Gasteiger partial charge in [-0.2, -0.15) is 13.2 Å². The van der Waals surface area contributed by atoms with Gasteiger partial charge in [-0.1, -0.05) is 63.8 Å². The number of unbranched alkanes of at least 4 members (excludes halogenated alkanes) is 4. The van der Waals surface area contributed by atoms with Crippen LogP contribution < -0.4 is 10.2 Å². The van der Waals surface area contributed by atoms with Crippen molar-refractivity contribution < 1.29 is 17.9 Å². The van der Waals surface area contributed by atoms with Crippen molar-refractivity contribution in [3.05, 3.63) is 89.8 Å². The second-order valence-corrected chi connectivity index (χ2v) is 11.5. The molecular weight excluding hydrogens is 561 g/mol. The first-order chi connectivity index (χ1) is 21.3. The summed E-state index contributed by atoms with van der Waals surface area (Å²) in [5, 5.41) is 10.8. The number of allylic oxidation sites excluding steroid dienone is 1. The largest absolute Gasteiger partial charge is 0.432 e. The van der Waals surface area contributed by atoms with Crippen molar-refractivity contribution in [3.63, 3.8) is 0 Å². The summed E-state index contributed by atoms with van der Waals surface area (Å²) < 4.78 is 46.1. The third kappa shape index (κ3) is 9.68. The molecule has 8 heteroatoms. The number of aromatic nitrogens is 1. The number of alkyl halides is 3. The van der Waals surface area contributed by atoms with Crippen LogP contribution in [0.3, 0.4) is 0 Å². The topological polar surface area (TPSA) is 61.2 Å². The molecule has 1 atom stereocenters. The standard InChI is InChI=1S/C36H45F3N4O/c1-3-5-7-11-27-14-18-29(19-15-27)43(30-20-16-28(17-21-30)12-8-6-4-2)31-22-23-41-32(25-31)33(26-34(40)36(37,38)39)42-35-13-9-10-24-44-35/h14-23,25-26,35,40,42H,3-13,24H2,1-2H3/b33-26-,40-34?. The Morgan fingerprint density at radius 3 is 1.98 bits per heavy atom. The number of ether oxygens (including phenoxy) is 1. The normalized spacial score (nSPS) is 15.7. The number of benzene rings is 2. The number of aryl methyl sites for hydroxylation is 2. The van der Waals surface area contributed by atoms with E-state index in [1.807, 2.05) is 6.07 Å². The van der Waals surface area contributed by atoms with Gasteiger partial charge in [-0.05, 0) is 98.5 Å². The molecule has 236 valence electrons. The highest BCUT2D eigenvalue weighted by Gasteiger charge is 2.33. The minimum absolute atomic E-state index is 0.110. The van der Waals surface area contributed by atoms with Crippen LogP contribution in [0, 0.1) is 5.41 Å². The molecule has 0 amide bonds. The molecule has 0 saturated carbocycles. The summed E-state index contributed by atoms with van der Waals surface area (Å²) in [7, 11) is 0. The number of hydrogen-bond acceptors (Lipinski definition) is 5. The molecule has 44 heavy (non-hydrogen) atoms. The van der Waals surface area contributed by atoms with Gasteiger partial charge in [-0.25, -0.2) is 0 Å². The molecule has 0 spiro atoms. The Labute approximate surface area is 260 Å². The van der Waals surface area contributed by atoms with Crippen molar-refractivity contribution in [2.75, 3.05) is 11.5 Å². The Balaban J connectivity index is 1.71. The van der Waals surface area contributed by atoms with Crippen molar-refractivity contribution >= 4 is 28.5 Å². The lowest BCUT2D eigenvalue weighted by atomic mass is 10.0. The van der Waals surface area contributed by atoms with E-state index in [4.69, 9.17) is 10.1 Å². The van der Waals surface area contributed by atoms with Gasteiger partial charge in [0.15, 0.2) is 0 Å². The van der Waals surface area contributed by atoms with E-state index in [9.17, 15) is 13.2 Å². The fourth-order valence-corrected chi connectivity index (χ4v) is 5.38. The first-order valence-corrected chi connectivity index (χ1v) is 16.0. The molecule has 0 radical (unpaired) electrons. The zero-order valence-electron chi connectivity index (χ0n) is 25.9. The van der Waals surface area contributed by atoms with Gasteiger partial charge in [-0.3, -0.25) is 10.4 Å². The fraction of sp³-hybridized carbons (Fsp3) is 0.444. The molecule has 0 aliphatic carbocycles. The average molecular weight is 607 g/mol. The molecule has 1 unspecified atom stereocenters. The smallest absolute Gasteiger partial charge is 0.359 e. The molecule has 1 aliphatic heterocycles. The Kier molecular flexibility index (Phi) is 12.4. The minimum atomic E-state index is -4.78. The number of pyridine rings is 1. The highest BCUT2D eigenvalue weighted by Crippen LogP contribution is 2.36. The van der Waals surface area contributed by atoms with Gasteiger partial charge < -0.3 is 15.0 Å². The third-order valence-corrected chi connectivity index (χ3v) is 7.90. The Bertz CT molecular complexity index is 1290. The molecule has 1 aliphatic rings. The lowest BCUT2D eigenvalue weighted by Crippen LogP contribution is -2.34. The summed E-state index contributed by atoms with van der Waals surface area (Å²) in [5.41, 5.74) is 4.16. The van der Waals surface area contributed by atoms with Crippen molar-refractivity contribution in [2.45, 2.75) is 96.9 Å². The third-order valence-electron chi connectivity index (χ3n) is 7.90. The predicted molar refractivity (Wildman–Crippen MR) is 174 cm³/mol. The van der Waals surface area contributed by atoms with E-state index >= 15 is 0 Å². The Morgan fingerprint density at radius 2 is 1.48 bits per heavy atom. The van der Waals surface area contributed by atoms with Crippen LogP contribution >= 0.6 is 0 Å². The van der Waals surface area contributed by atoms with Gasteiger partial charge in [0.2, 0.25) is 0 Å². The zero-order chi connectivity index (χ0) is 31.4. The van der Waals surface area contributed by atoms with E-state index in [0.29, 0.717) is 18.7 Å². The molecule has 2 heterocycles. The summed E-state index contributed by atoms with van der Waals surface area (Å²) in [6.07, 6.45) is 8.74. The Morgan fingerprint density at radius 1 is 0.886 bits per heavy atom. The van der Waals surface area contributed by atoms with Crippen LogP contribution in [-0.2, 0) is 17.6 Å².